The molecule has 2 rings (SSSR count). The van der Waals surface area contributed by atoms with E-state index in [1.54, 1.807) is 0 Å². The van der Waals surface area contributed by atoms with Crippen molar-refractivity contribution < 1.29 is 0 Å². The van der Waals surface area contributed by atoms with Crippen molar-refractivity contribution in [2.24, 2.45) is 5.10 Å². The van der Waals surface area contributed by atoms with Crippen LogP contribution in [-0.2, 0) is 0 Å². The Morgan fingerprint density at radius 3 is 2.76 bits per heavy atom. The van der Waals surface area contributed by atoms with Gasteiger partial charge in [-0.2, -0.15) is 5.10 Å². The molecule has 3 nitrogen and oxygen atoms in total. The van der Waals surface area contributed by atoms with Crippen molar-refractivity contribution >= 4 is 23.0 Å². The second kappa shape index (κ2) is 7.38. The van der Waals surface area contributed by atoms with Gasteiger partial charge >= 0.3 is 0 Å². The van der Waals surface area contributed by atoms with Crippen molar-refractivity contribution in [3.8, 4) is 12.3 Å². The minimum Gasteiger partial charge on any atom is -0.363 e. The van der Waals surface area contributed by atoms with Crippen molar-refractivity contribution in [2.75, 3.05) is 31.6 Å². The first kappa shape index (κ1) is 15.7. The molecule has 4 heteroatoms. The average Bonchev–Trinajstić information content (AvgIpc) is 2.48. The zero-order valence-electron chi connectivity index (χ0n) is 12.8. The van der Waals surface area contributed by atoms with Crippen molar-refractivity contribution in [2.45, 2.75) is 26.2 Å². The van der Waals surface area contributed by atoms with E-state index in [1.807, 2.05) is 37.1 Å². The van der Waals surface area contributed by atoms with Crippen LogP contribution in [0.3, 0.4) is 0 Å². The van der Waals surface area contributed by atoms with Crippen LogP contribution in [-0.4, -0.2) is 37.4 Å². The third-order valence-electron chi connectivity index (χ3n) is 3.71. The van der Waals surface area contributed by atoms with Gasteiger partial charge in [0, 0.05) is 36.4 Å². The molecule has 0 spiro atoms. The van der Waals surface area contributed by atoms with Crippen molar-refractivity contribution in [1.29, 1.82) is 0 Å². The van der Waals surface area contributed by atoms with Crippen LogP contribution < -0.4 is 4.90 Å². The van der Waals surface area contributed by atoms with Gasteiger partial charge in [-0.25, -0.2) is 0 Å². The van der Waals surface area contributed by atoms with Gasteiger partial charge in [-0.1, -0.05) is 17.5 Å². The lowest BCUT2D eigenvalue weighted by Gasteiger charge is -2.25. The van der Waals surface area contributed by atoms with E-state index in [2.05, 4.69) is 10.9 Å². The van der Waals surface area contributed by atoms with Gasteiger partial charge in [0.1, 0.15) is 0 Å². The first-order valence-corrected chi connectivity index (χ1v) is 7.74. The summed E-state index contributed by atoms with van der Waals surface area (Å²) in [7, 11) is 1.99. The lowest BCUT2D eigenvalue weighted by Crippen LogP contribution is -2.26. The monoisotopic (exact) mass is 303 g/mol. The molecule has 0 bridgehead atoms. The molecule has 0 aromatic heterocycles. The molecule has 0 radical (unpaired) electrons. The quantitative estimate of drug-likeness (QED) is 0.625. The number of nitrogens with zero attached hydrogens (tertiary/aromatic N) is 3. The largest absolute Gasteiger partial charge is 0.363 e. The fourth-order valence-electron chi connectivity index (χ4n) is 2.60. The smallest absolute Gasteiger partial charge is 0.0788 e. The van der Waals surface area contributed by atoms with Gasteiger partial charge < -0.3 is 4.90 Å². The Morgan fingerprint density at radius 1 is 1.38 bits per heavy atom. The van der Waals surface area contributed by atoms with Crippen LogP contribution in [0, 0.1) is 12.3 Å². The Labute approximate surface area is 132 Å². The molecule has 112 valence electrons. The molecule has 1 aromatic carbocycles. The Hall–Kier alpha value is -1.66. The average molecular weight is 304 g/mol. The van der Waals surface area contributed by atoms with E-state index in [0.717, 1.165) is 35.1 Å². The SMILES string of the molecule is C#CCN(C)c1ccc(Cl)cc1/C(C)=N/N1CCCCC1. The molecule has 1 aromatic rings. The van der Waals surface area contributed by atoms with E-state index in [9.17, 15) is 0 Å². The number of piperidine rings is 1. The van der Waals surface area contributed by atoms with Gasteiger partial charge in [-0.15, -0.1) is 6.42 Å². The van der Waals surface area contributed by atoms with Crippen LogP contribution in [0.25, 0.3) is 0 Å². The molecule has 1 fully saturated rings. The van der Waals surface area contributed by atoms with Crippen LogP contribution in [0.4, 0.5) is 5.69 Å². The predicted octanol–water partition coefficient (Wildman–Crippen LogP) is 3.62. The maximum absolute atomic E-state index is 6.16. The highest BCUT2D eigenvalue weighted by molar-refractivity contribution is 6.31. The molecule has 0 saturated carbocycles. The van der Waals surface area contributed by atoms with Crippen LogP contribution in [0.1, 0.15) is 31.7 Å². The Bertz CT molecular complexity index is 554. The Kier molecular flexibility index (Phi) is 5.52. The number of benzene rings is 1. The normalized spacial score (nSPS) is 15.7. The molecule has 21 heavy (non-hydrogen) atoms. The van der Waals surface area contributed by atoms with Crippen molar-refractivity contribution in [3.63, 3.8) is 0 Å². The van der Waals surface area contributed by atoms with E-state index in [4.69, 9.17) is 23.1 Å². The summed E-state index contributed by atoms with van der Waals surface area (Å²) >= 11 is 6.16. The van der Waals surface area contributed by atoms with E-state index >= 15 is 0 Å². The first-order valence-electron chi connectivity index (χ1n) is 7.36. The first-order chi connectivity index (χ1) is 10.1. The van der Waals surface area contributed by atoms with E-state index < -0.39 is 0 Å². The fourth-order valence-corrected chi connectivity index (χ4v) is 2.77. The van der Waals surface area contributed by atoms with E-state index in [0.29, 0.717) is 6.54 Å². The van der Waals surface area contributed by atoms with Gasteiger partial charge in [0.2, 0.25) is 0 Å². The fraction of sp³-hybridized carbons (Fsp3) is 0.471. The highest BCUT2D eigenvalue weighted by Gasteiger charge is 2.13. The summed E-state index contributed by atoms with van der Waals surface area (Å²) in [5, 5.41) is 7.64. The number of hydrogen-bond donors (Lipinski definition) is 0. The molecule has 1 heterocycles. The van der Waals surface area contributed by atoms with Gasteiger partial charge in [0.25, 0.3) is 0 Å². The molecular formula is C17H22ClN3. The highest BCUT2D eigenvalue weighted by atomic mass is 35.5. The highest BCUT2D eigenvalue weighted by Crippen LogP contribution is 2.25. The number of terminal acetylenes is 1. The third kappa shape index (κ3) is 4.15. The molecule has 1 aliphatic rings. The topological polar surface area (TPSA) is 18.8 Å². The van der Waals surface area contributed by atoms with Gasteiger partial charge in [0.15, 0.2) is 0 Å². The standard InChI is InChI=1S/C17H22ClN3/c1-4-10-20(3)17-9-8-15(18)13-16(17)14(2)19-21-11-6-5-7-12-21/h1,8-9,13H,5-7,10-12H2,2-3H3/b19-14+. The number of rotatable bonds is 4. The zero-order chi connectivity index (χ0) is 15.2. The second-order valence-electron chi connectivity index (χ2n) is 5.42. The minimum absolute atomic E-state index is 0.561. The maximum Gasteiger partial charge on any atom is 0.0788 e. The molecule has 0 amide bonds. The Morgan fingerprint density at radius 2 is 2.10 bits per heavy atom. The lowest BCUT2D eigenvalue weighted by atomic mass is 10.1. The summed E-state index contributed by atoms with van der Waals surface area (Å²) in [6.45, 7) is 4.67. The lowest BCUT2D eigenvalue weighted by molar-refractivity contribution is 0.239. The van der Waals surface area contributed by atoms with Crippen LogP contribution in [0.2, 0.25) is 5.02 Å². The molecule has 0 unspecified atom stereocenters. The summed E-state index contributed by atoms with van der Waals surface area (Å²) in [4.78, 5) is 2.04. The van der Waals surface area contributed by atoms with Crippen LogP contribution >= 0.6 is 11.6 Å². The van der Waals surface area contributed by atoms with Crippen LogP contribution in [0.15, 0.2) is 23.3 Å². The number of anilines is 1. The van der Waals surface area contributed by atoms with Gasteiger partial charge in [-0.05, 0) is 44.4 Å². The number of hydrogen-bond acceptors (Lipinski definition) is 3. The van der Waals surface area contributed by atoms with E-state index in [-0.39, 0.29) is 0 Å². The van der Waals surface area contributed by atoms with Gasteiger partial charge in [-0.3, -0.25) is 5.01 Å². The molecule has 0 atom stereocenters. The van der Waals surface area contributed by atoms with Crippen molar-refractivity contribution in [1.82, 2.24) is 5.01 Å². The summed E-state index contributed by atoms with van der Waals surface area (Å²) in [5.74, 6) is 2.67. The number of hydrazone groups is 1. The van der Waals surface area contributed by atoms with Crippen LogP contribution in [0.5, 0.6) is 0 Å². The molecule has 1 aliphatic heterocycles. The van der Waals surface area contributed by atoms with E-state index in [1.165, 1.54) is 19.3 Å². The Balaban J connectivity index is 2.30. The third-order valence-corrected chi connectivity index (χ3v) is 3.95. The second-order valence-corrected chi connectivity index (χ2v) is 5.86. The molecule has 1 saturated heterocycles. The molecule has 0 N–H and O–H groups in total. The van der Waals surface area contributed by atoms with Gasteiger partial charge in [0.05, 0.1) is 12.3 Å². The zero-order valence-corrected chi connectivity index (χ0v) is 13.5. The maximum atomic E-state index is 6.16. The summed E-state index contributed by atoms with van der Waals surface area (Å²) in [6.07, 6.45) is 9.16. The predicted molar refractivity (Wildman–Crippen MR) is 91.2 cm³/mol. The summed E-state index contributed by atoms with van der Waals surface area (Å²) in [5.41, 5.74) is 3.10. The summed E-state index contributed by atoms with van der Waals surface area (Å²) in [6, 6.07) is 5.86. The minimum atomic E-state index is 0.561. The summed E-state index contributed by atoms with van der Waals surface area (Å²) < 4.78 is 0. The molecule has 0 aliphatic carbocycles. The van der Waals surface area contributed by atoms with Crippen molar-refractivity contribution in [3.05, 3.63) is 28.8 Å². The number of halogens is 1. The molecular weight excluding hydrogens is 282 g/mol.